The number of aromatic nitrogens is 2. The molecule has 0 saturated heterocycles. The van der Waals surface area contributed by atoms with Crippen LogP contribution in [-0.2, 0) is 0 Å². The van der Waals surface area contributed by atoms with E-state index in [1.165, 1.54) is 5.56 Å². The number of rotatable bonds is 5. The predicted molar refractivity (Wildman–Crippen MR) is 110 cm³/mol. The van der Waals surface area contributed by atoms with E-state index in [1.54, 1.807) is 11.8 Å². The van der Waals surface area contributed by atoms with Crippen LogP contribution in [0.25, 0.3) is 16.7 Å². The molecule has 134 valence electrons. The smallest absolute Gasteiger partial charge is 0.157 e. The molecule has 0 aliphatic rings. The quantitative estimate of drug-likeness (QED) is 0.359. The van der Waals surface area contributed by atoms with E-state index in [1.807, 2.05) is 49.4 Å². The van der Waals surface area contributed by atoms with Gasteiger partial charge in [-0.25, -0.2) is 4.98 Å². The molecule has 0 spiro atoms. The van der Waals surface area contributed by atoms with Gasteiger partial charge in [0.15, 0.2) is 5.65 Å². The number of hydrogen-bond acceptors (Lipinski definition) is 4. The molecule has 5 heteroatoms. The lowest BCUT2D eigenvalue weighted by atomic mass is 10.2. The largest absolute Gasteiger partial charge is 0.493 e. The van der Waals surface area contributed by atoms with Crippen molar-refractivity contribution in [2.45, 2.75) is 18.9 Å². The molecule has 0 radical (unpaired) electrons. The molecule has 0 aliphatic heterocycles. The van der Waals surface area contributed by atoms with Crippen LogP contribution in [0.1, 0.15) is 16.7 Å². The minimum Gasteiger partial charge on any atom is -0.493 e. The molecule has 0 bridgehead atoms. The van der Waals surface area contributed by atoms with Crippen LogP contribution < -0.4 is 4.74 Å². The summed E-state index contributed by atoms with van der Waals surface area (Å²) in [7, 11) is 0. The summed E-state index contributed by atoms with van der Waals surface area (Å²) in [5, 5.41) is 10.6. The predicted octanol–water partition coefficient (Wildman–Crippen LogP) is 5.15. The Morgan fingerprint density at radius 1 is 1.11 bits per heavy atom. The van der Waals surface area contributed by atoms with Gasteiger partial charge < -0.3 is 4.74 Å². The summed E-state index contributed by atoms with van der Waals surface area (Å²) in [6, 6.07) is 20.4. The summed E-state index contributed by atoms with van der Waals surface area (Å²) in [6.45, 7) is 4.63. The Morgan fingerprint density at radius 3 is 2.78 bits per heavy atom. The number of fused-ring (bicyclic) bond motifs is 3. The van der Waals surface area contributed by atoms with Crippen molar-refractivity contribution in [1.29, 1.82) is 5.26 Å². The van der Waals surface area contributed by atoms with E-state index in [0.717, 1.165) is 38.8 Å². The zero-order valence-electron chi connectivity index (χ0n) is 15.3. The first-order valence-electron chi connectivity index (χ1n) is 8.80. The third-order valence-corrected chi connectivity index (χ3v) is 5.41. The third-order valence-electron chi connectivity index (χ3n) is 4.44. The minimum absolute atomic E-state index is 0.612. The van der Waals surface area contributed by atoms with E-state index >= 15 is 0 Å². The number of para-hydroxylation sites is 2. The second-order valence-electron chi connectivity index (χ2n) is 6.43. The van der Waals surface area contributed by atoms with Crippen molar-refractivity contribution in [3.63, 3.8) is 0 Å². The maximum atomic E-state index is 9.56. The zero-order chi connectivity index (χ0) is 18.8. The first kappa shape index (κ1) is 17.4. The molecule has 0 saturated carbocycles. The second-order valence-corrected chi connectivity index (χ2v) is 7.54. The number of nitrogens with zero attached hydrogens (tertiary/aromatic N) is 3. The Kier molecular flexibility index (Phi) is 4.74. The van der Waals surface area contributed by atoms with Crippen molar-refractivity contribution < 1.29 is 4.74 Å². The summed E-state index contributed by atoms with van der Waals surface area (Å²) in [4.78, 5) is 4.69. The topological polar surface area (TPSA) is 50.3 Å². The highest BCUT2D eigenvalue weighted by Gasteiger charge is 2.15. The lowest BCUT2D eigenvalue weighted by Gasteiger charge is -2.11. The van der Waals surface area contributed by atoms with E-state index in [-0.39, 0.29) is 0 Å². The van der Waals surface area contributed by atoms with Crippen LogP contribution in [0.2, 0.25) is 0 Å². The van der Waals surface area contributed by atoms with Gasteiger partial charge in [-0.15, -0.1) is 11.8 Å². The summed E-state index contributed by atoms with van der Waals surface area (Å²) in [6.07, 6.45) is 0. The molecule has 2 heterocycles. The Morgan fingerprint density at radius 2 is 1.96 bits per heavy atom. The Bertz CT molecular complexity index is 1170. The highest BCUT2D eigenvalue weighted by atomic mass is 32.2. The van der Waals surface area contributed by atoms with Gasteiger partial charge in [0.05, 0.1) is 28.2 Å². The SMILES string of the molecule is Cc1cccc(OCCSc2cc(C)c(C#N)c3nc4ccccc4n23)c1. The Balaban J connectivity index is 1.62. The molecule has 27 heavy (non-hydrogen) atoms. The van der Waals surface area contributed by atoms with Gasteiger partial charge >= 0.3 is 0 Å². The molecule has 0 atom stereocenters. The number of ether oxygens (including phenoxy) is 1. The van der Waals surface area contributed by atoms with Crippen LogP contribution in [-0.4, -0.2) is 21.7 Å². The van der Waals surface area contributed by atoms with E-state index in [9.17, 15) is 5.26 Å². The summed E-state index contributed by atoms with van der Waals surface area (Å²) in [5.74, 6) is 1.70. The van der Waals surface area contributed by atoms with E-state index in [4.69, 9.17) is 4.74 Å². The maximum absolute atomic E-state index is 9.56. The number of benzene rings is 2. The van der Waals surface area contributed by atoms with Gasteiger partial charge in [0.1, 0.15) is 11.8 Å². The highest BCUT2D eigenvalue weighted by Crippen LogP contribution is 2.29. The summed E-state index contributed by atoms with van der Waals surface area (Å²) in [5.41, 5.74) is 5.41. The highest BCUT2D eigenvalue weighted by molar-refractivity contribution is 7.99. The van der Waals surface area contributed by atoms with Crippen molar-refractivity contribution >= 4 is 28.4 Å². The van der Waals surface area contributed by atoms with Gasteiger partial charge in [-0.3, -0.25) is 4.40 Å². The molecule has 0 N–H and O–H groups in total. The molecule has 0 aliphatic carbocycles. The zero-order valence-corrected chi connectivity index (χ0v) is 16.1. The molecule has 2 aromatic carbocycles. The molecular weight excluding hydrogens is 354 g/mol. The van der Waals surface area contributed by atoms with Gasteiger partial charge in [0.2, 0.25) is 0 Å². The Hall–Kier alpha value is -2.97. The lowest BCUT2D eigenvalue weighted by Crippen LogP contribution is -2.02. The molecule has 4 nitrogen and oxygen atoms in total. The van der Waals surface area contributed by atoms with Crippen LogP contribution in [0, 0.1) is 25.2 Å². The van der Waals surface area contributed by atoms with Gasteiger partial charge in [-0.1, -0.05) is 24.3 Å². The molecule has 0 fully saturated rings. The van der Waals surface area contributed by atoms with Gasteiger partial charge in [-0.2, -0.15) is 5.26 Å². The van der Waals surface area contributed by atoms with Crippen molar-refractivity contribution in [3.8, 4) is 11.8 Å². The van der Waals surface area contributed by atoms with E-state index in [2.05, 4.69) is 34.5 Å². The average Bonchev–Trinajstić information content (AvgIpc) is 3.04. The number of nitriles is 1. The standard InChI is InChI=1S/C22H19N3OS/c1-15-6-5-7-17(12-15)26-10-11-27-21-13-16(2)18(14-23)22-24-19-8-3-4-9-20(19)25(21)22/h3-9,12-13H,10-11H2,1-2H3. The van der Waals surface area contributed by atoms with Crippen LogP contribution >= 0.6 is 11.8 Å². The molecule has 0 unspecified atom stereocenters. The van der Waals surface area contributed by atoms with Crippen LogP contribution in [0.15, 0.2) is 59.6 Å². The van der Waals surface area contributed by atoms with E-state index in [0.29, 0.717) is 12.2 Å². The number of imidazole rings is 1. The molecular formula is C22H19N3OS. The van der Waals surface area contributed by atoms with Crippen molar-refractivity contribution in [2.24, 2.45) is 0 Å². The number of hydrogen-bond donors (Lipinski definition) is 0. The van der Waals surface area contributed by atoms with Crippen LogP contribution in [0.4, 0.5) is 0 Å². The number of pyridine rings is 1. The molecule has 0 amide bonds. The van der Waals surface area contributed by atoms with Crippen LogP contribution in [0.5, 0.6) is 5.75 Å². The Labute approximate surface area is 162 Å². The fourth-order valence-corrected chi connectivity index (χ4v) is 4.12. The number of thioether (sulfide) groups is 1. The fourth-order valence-electron chi connectivity index (χ4n) is 3.17. The molecule has 4 aromatic rings. The monoisotopic (exact) mass is 373 g/mol. The number of aryl methyl sites for hydroxylation is 2. The lowest BCUT2D eigenvalue weighted by molar-refractivity contribution is 0.343. The first-order valence-corrected chi connectivity index (χ1v) is 9.79. The average molecular weight is 373 g/mol. The normalized spacial score (nSPS) is 11.0. The molecule has 4 rings (SSSR count). The first-order chi connectivity index (χ1) is 13.2. The second kappa shape index (κ2) is 7.34. The fraction of sp³-hybridized carbons (Fsp3) is 0.182. The summed E-state index contributed by atoms with van der Waals surface area (Å²) >= 11 is 1.71. The maximum Gasteiger partial charge on any atom is 0.157 e. The van der Waals surface area contributed by atoms with Gasteiger partial charge in [-0.05, 0) is 55.3 Å². The third kappa shape index (κ3) is 3.36. The molecule has 2 aromatic heterocycles. The van der Waals surface area contributed by atoms with Crippen molar-refractivity contribution in [3.05, 3.63) is 71.3 Å². The minimum atomic E-state index is 0.612. The van der Waals surface area contributed by atoms with Crippen molar-refractivity contribution in [1.82, 2.24) is 9.38 Å². The van der Waals surface area contributed by atoms with Gasteiger partial charge in [0, 0.05) is 5.75 Å². The van der Waals surface area contributed by atoms with E-state index < -0.39 is 0 Å². The summed E-state index contributed by atoms with van der Waals surface area (Å²) < 4.78 is 7.95. The van der Waals surface area contributed by atoms with Gasteiger partial charge in [0.25, 0.3) is 0 Å². The van der Waals surface area contributed by atoms with Crippen molar-refractivity contribution in [2.75, 3.05) is 12.4 Å². The van der Waals surface area contributed by atoms with Crippen LogP contribution in [0.3, 0.4) is 0 Å².